The summed E-state index contributed by atoms with van der Waals surface area (Å²) in [6.07, 6.45) is 1.61. The van der Waals surface area contributed by atoms with E-state index in [9.17, 15) is 0 Å². The molecule has 1 aliphatic rings. The number of nitrogens with zero attached hydrogens (tertiary/aromatic N) is 2. The van der Waals surface area contributed by atoms with E-state index < -0.39 is 5.72 Å². The lowest BCUT2D eigenvalue weighted by Gasteiger charge is -2.38. The summed E-state index contributed by atoms with van der Waals surface area (Å²) in [6.45, 7) is 0.964. The molecule has 7 heteroatoms. The summed E-state index contributed by atoms with van der Waals surface area (Å²) in [5.41, 5.74) is 1.89. The van der Waals surface area contributed by atoms with Crippen molar-refractivity contribution in [2.75, 3.05) is 7.11 Å². The predicted molar refractivity (Wildman–Crippen MR) is 112 cm³/mol. The van der Waals surface area contributed by atoms with E-state index in [0.29, 0.717) is 33.2 Å². The van der Waals surface area contributed by atoms with Crippen LogP contribution < -0.4 is 0 Å². The van der Waals surface area contributed by atoms with Gasteiger partial charge in [-0.05, 0) is 42.0 Å². The summed E-state index contributed by atoms with van der Waals surface area (Å²) in [5.74, 6) is -0.326. The normalized spacial score (nSPS) is 19.0. The van der Waals surface area contributed by atoms with Crippen LogP contribution in [-0.4, -0.2) is 17.0 Å². The predicted octanol–water partition coefficient (Wildman–Crippen LogP) is 6.15. The van der Waals surface area contributed by atoms with E-state index in [2.05, 4.69) is 25.8 Å². The number of halogens is 4. The van der Waals surface area contributed by atoms with Gasteiger partial charge in [-0.25, -0.2) is 4.39 Å². The van der Waals surface area contributed by atoms with Crippen LogP contribution in [0.4, 0.5) is 4.39 Å². The van der Waals surface area contributed by atoms with Crippen LogP contribution in [0.3, 0.4) is 0 Å². The molecular weight excluding hydrogens is 466 g/mol. The van der Waals surface area contributed by atoms with Gasteiger partial charge in [0.1, 0.15) is 5.82 Å². The summed E-state index contributed by atoms with van der Waals surface area (Å²) in [4.78, 5) is 6.46. The third kappa shape index (κ3) is 3.36. The Balaban J connectivity index is 1.88. The van der Waals surface area contributed by atoms with Crippen molar-refractivity contribution in [3.63, 3.8) is 0 Å². The number of methoxy groups -OCH3 is 1. The molecule has 3 nitrogen and oxygen atoms in total. The number of hydrogen-bond donors (Lipinski definition) is 0. The number of ether oxygens (including phenoxy) is 1. The fraction of sp³-hybridized carbons (Fsp3) is 0.190. The first-order valence-electron chi connectivity index (χ1n) is 8.59. The van der Waals surface area contributed by atoms with E-state index in [1.807, 2.05) is 24.3 Å². The molecule has 2 heterocycles. The minimum Gasteiger partial charge on any atom is -0.355 e. The molecule has 28 heavy (non-hydrogen) atoms. The number of hydrogen-bond acceptors (Lipinski definition) is 3. The molecule has 0 radical (unpaired) electrons. The summed E-state index contributed by atoms with van der Waals surface area (Å²) in [5, 5.41) is 1.18. The van der Waals surface area contributed by atoms with E-state index >= 15 is 4.39 Å². The SMILES string of the molecule is CO[C@]1(c2ccc(Cl)cc2)c2c(F)cc(Br)cc2CN1Cc1ccc(Cl)cn1. The van der Waals surface area contributed by atoms with Crippen molar-refractivity contribution in [1.82, 2.24) is 9.88 Å². The molecular formula is C21H16BrCl2FN2O. The van der Waals surface area contributed by atoms with Gasteiger partial charge in [-0.1, -0.05) is 51.3 Å². The summed E-state index contributed by atoms with van der Waals surface area (Å²) in [7, 11) is 1.59. The maximum atomic E-state index is 15.2. The molecule has 0 aliphatic carbocycles. The third-order valence-corrected chi connectivity index (χ3v) is 5.89. The first-order valence-corrected chi connectivity index (χ1v) is 10.1. The molecule has 0 unspecified atom stereocenters. The fourth-order valence-electron chi connectivity index (χ4n) is 3.82. The Morgan fingerprint density at radius 2 is 1.86 bits per heavy atom. The maximum Gasteiger partial charge on any atom is 0.177 e. The second-order valence-corrected chi connectivity index (χ2v) is 8.39. The van der Waals surface area contributed by atoms with Crippen molar-refractivity contribution in [3.05, 3.63) is 97.4 Å². The lowest BCUT2D eigenvalue weighted by molar-refractivity contribution is -0.109. The Morgan fingerprint density at radius 3 is 2.50 bits per heavy atom. The van der Waals surface area contributed by atoms with Crippen LogP contribution >= 0.6 is 39.1 Å². The van der Waals surface area contributed by atoms with Gasteiger partial charge in [0.25, 0.3) is 0 Å². The molecule has 0 fully saturated rings. The molecule has 4 rings (SSSR count). The number of benzene rings is 2. The molecule has 1 atom stereocenters. The van der Waals surface area contributed by atoms with Gasteiger partial charge >= 0.3 is 0 Å². The Morgan fingerprint density at radius 1 is 1.14 bits per heavy atom. The third-order valence-electron chi connectivity index (χ3n) is 4.95. The van der Waals surface area contributed by atoms with Crippen molar-refractivity contribution >= 4 is 39.1 Å². The zero-order valence-electron chi connectivity index (χ0n) is 14.9. The number of fused-ring (bicyclic) bond motifs is 1. The maximum absolute atomic E-state index is 15.2. The molecule has 0 saturated heterocycles. The van der Waals surface area contributed by atoms with Crippen LogP contribution in [-0.2, 0) is 23.6 Å². The van der Waals surface area contributed by atoms with E-state index in [-0.39, 0.29) is 5.82 Å². The minimum absolute atomic E-state index is 0.326. The van der Waals surface area contributed by atoms with Crippen LogP contribution in [0.15, 0.2) is 59.2 Å². The lowest BCUT2D eigenvalue weighted by atomic mass is 9.93. The lowest BCUT2D eigenvalue weighted by Crippen LogP contribution is -2.44. The van der Waals surface area contributed by atoms with Crippen LogP contribution in [0.1, 0.15) is 22.4 Å². The molecule has 2 aromatic carbocycles. The van der Waals surface area contributed by atoms with Gasteiger partial charge in [-0.2, -0.15) is 0 Å². The number of pyridine rings is 1. The van der Waals surface area contributed by atoms with Crippen LogP contribution in [0, 0.1) is 5.82 Å². The van der Waals surface area contributed by atoms with E-state index in [0.717, 1.165) is 16.8 Å². The van der Waals surface area contributed by atoms with Gasteiger partial charge in [0.15, 0.2) is 5.72 Å². The van der Waals surface area contributed by atoms with Crippen LogP contribution in [0.2, 0.25) is 10.0 Å². The van der Waals surface area contributed by atoms with Gasteiger partial charge in [-0.3, -0.25) is 9.88 Å². The Kier molecular flexibility index (Phi) is 5.47. The van der Waals surface area contributed by atoms with Gasteiger partial charge in [0.2, 0.25) is 0 Å². The topological polar surface area (TPSA) is 25.4 Å². The van der Waals surface area contributed by atoms with Crippen molar-refractivity contribution in [2.45, 2.75) is 18.8 Å². The van der Waals surface area contributed by atoms with Crippen molar-refractivity contribution in [2.24, 2.45) is 0 Å². The molecule has 0 amide bonds. The first-order chi connectivity index (χ1) is 13.4. The highest BCUT2D eigenvalue weighted by Crippen LogP contribution is 2.47. The van der Waals surface area contributed by atoms with Crippen molar-refractivity contribution in [3.8, 4) is 0 Å². The quantitative estimate of drug-likeness (QED) is 0.446. The minimum atomic E-state index is -1.09. The van der Waals surface area contributed by atoms with E-state index in [1.54, 1.807) is 31.5 Å². The number of aromatic nitrogens is 1. The molecule has 0 spiro atoms. The van der Waals surface area contributed by atoms with Gasteiger partial charge < -0.3 is 4.74 Å². The molecule has 0 bridgehead atoms. The summed E-state index contributed by atoms with van der Waals surface area (Å²) < 4.78 is 21.9. The second kappa shape index (κ2) is 7.73. The average molecular weight is 482 g/mol. The van der Waals surface area contributed by atoms with Crippen molar-refractivity contribution in [1.29, 1.82) is 0 Å². The zero-order valence-corrected chi connectivity index (χ0v) is 18.0. The zero-order chi connectivity index (χ0) is 19.9. The standard InChI is InChI=1S/C21H16BrCl2FN2O/c1-28-21(14-2-4-16(23)5-3-14)20-13(8-15(22)9-19(20)25)11-27(21)12-18-7-6-17(24)10-26-18/h2-10H,11-12H2,1H3/t21-/m1/s1. The van der Waals surface area contributed by atoms with Gasteiger partial charge in [0.05, 0.1) is 10.7 Å². The average Bonchev–Trinajstić information content (AvgIpc) is 2.98. The highest BCUT2D eigenvalue weighted by atomic mass is 79.9. The molecule has 1 aliphatic heterocycles. The molecule has 144 valence electrons. The fourth-order valence-corrected chi connectivity index (χ4v) is 4.54. The monoisotopic (exact) mass is 480 g/mol. The summed E-state index contributed by atoms with van der Waals surface area (Å²) in [6, 6.07) is 14.3. The molecule has 3 aromatic rings. The van der Waals surface area contributed by atoms with Gasteiger partial charge in [0, 0.05) is 47.0 Å². The summed E-state index contributed by atoms with van der Waals surface area (Å²) >= 11 is 15.4. The van der Waals surface area contributed by atoms with Crippen LogP contribution in [0.5, 0.6) is 0 Å². The van der Waals surface area contributed by atoms with E-state index in [4.69, 9.17) is 27.9 Å². The Bertz CT molecular complexity index is 1010. The van der Waals surface area contributed by atoms with Gasteiger partial charge in [-0.15, -0.1) is 0 Å². The largest absolute Gasteiger partial charge is 0.355 e. The first kappa shape index (κ1) is 19.8. The molecule has 0 saturated carbocycles. The molecule has 1 aromatic heterocycles. The van der Waals surface area contributed by atoms with E-state index in [1.165, 1.54) is 6.07 Å². The van der Waals surface area contributed by atoms with Crippen molar-refractivity contribution < 1.29 is 9.13 Å². The highest BCUT2D eigenvalue weighted by Gasteiger charge is 2.49. The Labute approximate surface area is 181 Å². The van der Waals surface area contributed by atoms with Crippen LogP contribution in [0.25, 0.3) is 0 Å². The Hall–Kier alpha value is -1.50. The number of rotatable bonds is 4. The smallest absolute Gasteiger partial charge is 0.177 e. The second-order valence-electron chi connectivity index (χ2n) is 6.60. The molecule has 0 N–H and O–H groups in total. The highest BCUT2D eigenvalue weighted by molar-refractivity contribution is 9.10.